The summed E-state index contributed by atoms with van der Waals surface area (Å²) in [6.07, 6.45) is -10.2. The van der Waals surface area contributed by atoms with Crippen molar-refractivity contribution in [1.29, 1.82) is 0 Å². The second-order valence-electron chi connectivity index (χ2n) is 4.06. The van der Waals surface area contributed by atoms with E-state index in [1.165, 1.54) is 0 Å². The summed E-state index contributed by atoms with van der Waals surface area (Å²) in [4.78, 5) is 32.6. The van der Waals surface area contributed by atoms with E-state index in [9.17, 15) is 31.1 Å². The van der Waals surface area contributed by atoms with E-state index in [1.807, 2.05) is 6.92 Å². The zero-order valence-electron chi connectivity index (χ0n) is 12.6. The maximum absolute atomic E-state index is 10.7. The maximum Gasteiger partial charge on any atom is 0.490 e. The number of carboxylic acid groups (broad SMARTS) is 2. The van der Waals surface area contributed by atoms with Gasteiger partial charge in [0.05, 0.1) is 11.3 Å². The van der Waals surface area contributed by atoms with Gasteiger partial charge in [-0.25, -0.2) is 9.59 Å². The number of halogens is 6. The van der Waals surface area contributed by atoms with Gasteiger partial charge in [-0.15, -0.1) is 0 Å². The number of alkyl halides is 6. The maximum atomic E-state index is 10.7. The molecule has 0 aliphatic rings. The number of nitrogens with two attached hydrogens (primary N) is 1. The van der Waals surface area contributed by atoms with Crippen LogP contribution in [0.1, 0.15) is 21.7 Å². The molecule has 0 aromatic carbocycles. The number of carbonyl (C=O) groups is 3. The van der Waals surface area contributed by atoms with Gasteiger partial charge in [0.1, 0.15) is 0 Å². The molecule has 1 aromatic rings. The standard InChI is InChI=1S/C8H10N2O.2C2HF3O2/c1-5-3-4-7(8(9)11)6(2)10-5;2*3-2(4,5)1(6)7/h3-4H,1-2H3,(H2,9,11);2*(H,6,7). The van der Waals surface area contributed by atoms with Crippen molar-refractivity contribution >= 4 is 17.8 Å². The van der Waals surface area contributed by atoms with Gasteiger partial charge in [0.25, 0.3) is 5.91 Å². The van der Waals surface area contributed by atoms with E-state index in [-0.39, 0.29) is 0 Å². The molecule has 0 radical (unpaired) electrons. The number of hydrogen-bond donors (Lipinski definition) is 3. The van der Waals surface area contributed by atoms with Crippen LogP contribution in [0.3, 0.4) is 0 Å². The van der Waals surface area contributed by atoms with Gasteiger partial charge >= 0.3 is 24.3 Å². The lowest BCUT2D eigenvalue weighted by Gasteiger charge is -2.00. The first-order chi connectivity index (χ1) is 11.0. The first-order valence-corrected chi connectivity index (χ1v) is 5.84. The highest BCUT2D eigenvalue weighted by Gasteiger charge is 2.38. The highest BCUT2D eigenvalue weighted by Crippen LogP contribution is 2.13. The summed E-state index contributed by atoms with van der Waals surface area (Å²) in [7, 11) is 0. The molecule has 142 valence electrons. The Morgan fingerprint density at radius 1 is 0.920 bits per heavy atom. The average molecular weight is 378 g/mol. The zero-order valence-corrected chi connectivity index (χ0v) is 12.6. The Balaban J connectivity index is 0. The fourth-order valence-corrected chi connectivity index (χ4v) is 0.947. The van der Waals surface area contributed by atoms with Crippen molar-refractivity contribution in [3.05, 3.63) is 29.1 Å². The summed E-state index contributed by atoms with van der Waals surface area (Å²) < 4.78 is 63.5. The summed E-state index contributed by atoms with van der Waals surface area (Å²) in [6.45, 7) is 3.64. The Morgan fingerprint density at radius 2 is 1.24 bits per heavy atom. The molecule has 0 fully saturated rings. The van der Waals surface area contributed by atoms with Crippen molar-refractivity contribution in [3.63, 3.8) is 0 Å². The van der Waals surface area contributed by atoms with Crippen molar-refractivity contribution in [2.24, 2.45) is 5.73 Å². The SMILES string of the molecule is Cc1ccc(C(N)=O)c(C)n1.O=C(O)C(F)(F)F.O=C(O)C(F)(F)F. The summed E-state index contributed by atoms with van der Waals surface area (Å²) in [5.41, 5.74) is 7.17. The highest BCUT2D eigenvalue weighted by molar-refractivity contribution is 5.93. The van der Waals surface area contributed by atoms with Gasteiger partial charge < -0.3 is 15.9 Å². The largest absolute Gasteiger partial charge is 0.490 e. The fraction of sp³-hybridized carbons (Fsp3) is 0.333. The Labute approximate surface area is 136 Å². The molecule has 0 atom stereocenters. The smallest absolute Gasteiger partial charge is 0.475 e. The monoisotopic (exact) mass is 378 g/mol. The lowest BCUT2D eigenvalue weighted by Crippen LogP contribution is -2.21. The summed E-state index contributed by atoms with van der Waals surface area (Å²) in [6, 6.07) is 3.47. The number of amides is 1. The Bertz CT molecular complexity index is 603. The van der Waals surface area contributed by atoms with E-state index < -0.39 is 30.2 Å². The van der Waals surface area contributed by atoms with Crippen LogP contribution in [0.5, 0.6) is 0 Å². The highest BCUT2D eigenvalue weighted by atomic mass is 19.4. The van der Waals surface area contributed by atoms with Gasteiger partial charge in [0.15, 0.2) is 0 Å². The van der Waals surface area contributed by atoms with Crippen LogP contribution >= 0.6 is 0 Å². The molecule has 4 N–H and O–H groups in total. The molecule has 0 aliphatic heterocycles. The first kappa shape index (κ1) is 24.4. The molecule has 0 spiro atoms. The van der Waals surface area contributed by atoms with Crippen LogP contribution in [0.25, 0.3) is 0 Å². The van der Waals surface area contributed by atoms with Gasteiger partial charge in [-0.1, -0.05) is 0 Å². The quantitative estimate of drug-likeness (QED) is 0.641. The predicted octanol–water partition coefficient (Wildman–Crippen LogP) is 2.06. The molecular weight excluding hydrogens is 366 g/mol. The normalized spacial score (nSPS) is 10.6. The second kappa shape index (κ2) is 9.44. The van der Waals surface area contributed by atoms with Crippen molar-refractivity contribution in [2.75, 3.05) is 0 Å². The number of carboxylic acids is 2. The minimum Gasteiger partial charge on any atom is -0.475 e. The number of hydrogen-bond acceptors (Lipinski definition) is 4. The van der Waals surface area contributed by atoms with Crippen molar-refractivity contribution in [1.82, 2.24) is 4.98 Å². The van der Waals surface area contributed by atoms with E-state index in [4.69, 9.17) is 25.5 Å². The molecule has 13 heteroatoms. The minimum atomic E-state index is -5.08. The zero-order chi connectivity index (χ0) is 20.6. The molecule has 7 nitrogen and oxygen atoms in total. The number of aliphatic carboxylic acids is 2. The molecule has 0 bridgehead atoms. The Hall–Kier alpha value is -2.86. The van der Waals surface area contributed by atoms with Gasteiger partial charge in [0.2, 0.25) is 0 Å². The number of pyridine rings is 1. The van der Waals surface area contributed by atoms with Crippen LogP contribution in [0.15, 0.2) is 12.1 Å². The second-order valence-corrected chi connectivity index (χ2v) is 4.06. The molecule has 1 amide bonds. The lowest BCUT2D eigenvalue weighted by atomic mass is 10.2. The van der Waals surface area contributed by atoms with E-state index in [2.05, 4.69) is 4.98 Å². The van der Waals surface area contributed by atoms with Gasteiger partial charge in [-0.05, 0) is 26.0 Å². The summed E-state index contributed by atoms with van der Waals surface area (Å²) in [5.74, 6) is -5.94. The van der Waals surface area contributed by atoms with Crippen LogP contribution in [-0.4, -0.2) is 45.4 Å². The molecule has 1 heterocycles. The number of rotatable bonds is 1. The number of primary amides is 1. The van der Waals surface area contributed by atoms with Crippen LogP contribution in [-0.2, 0) is 9.59 Å². The first-order valence-electron chi connectivity index (χ1n) is 5.84. The van der Waals surface area contributed by atoms with Gasteiger partial charge in [0, 0.05) is 5.69 Å². The third kappa shape index (κ3) is 11.3. The van der Waals surface area contributed by atoms with Crippen LogP contribution < -0.4 is 5.73 Å². The van der Waals surface area contributed by atoms with Gasteiger partial charge in [-0.2, -0.15) is 26.3 Å². The third-order valence-electron chi connectivity index (χ3n) is 1.98. The summed E-state index contributed by atoms with van der Waals surface area (Å²) >= 11 is 0. The van der Waals surface area contributed by atoms with Crippen LogP contribution in [0.2, 0.25) is 0 Å². The van der Waals surface area contributed by atoms with Crippen molar-refractivity contribution in [3.8, 4) is 0 Å². The average Bonchev–Trinajstić information content (AvgIpc) is 2.37. The number of nitrogens with zero attached hydrogens (tertiary/aromatic N) is 1. The Morgan fingerprint density at radius 3 is 1.44 bits per heavy atom. The van der Waals surface area contributed by atoms with Crippen LogP contribution in [0.4, 0.5) is 26.3 Å². The van der Waals surface area contributed by atoms with Crippen molar-refractivity contribution < 1.29 is 50.9 Å². The molecule has 0 saturated heterocycles. The number of aryl methyl sites for hydroxylation is 2. The van der Waals surface area contributed by atoms with Crippen molar-refractivity contribution in [2.45, 2.75) is 26.2 Å². The van der Waals surface area contributed by atoms with E-state index in [0.29, 0.717) is 11.3 Å². The molecule has 0 aliphatic carbocycles. The molecule has 0 saturated carbocycles. The molecular formula is C12H12F6N2O5. The fourth-order valence-electron chi connectivity index (χ4n) is 0.947. The summed E-state index contributed by atoms with van der Waals surface area (Å²) in [5, 5.41) is 14.2. The number of aromatic nitrogens is 1. The van der Waals surface area contributed by atoms with E-state index in [0.717, 1.165) is 5.69 Å². The predicted molar refractivity (Wildman–Crippen MR) is 69.6 cm³/mol. The third-order valence-corrected chi connectivity index (χ3v) is 1.98. The van der Waals surface area contributed by atoms with E-state index >= 15 is 0 Å². The molecule has 1 aromatic heterocycles. The lowest BCUT2D eigenvalue weighted by molar-refractivity contribution is -0.193. The minimum absolute atomic E-state index is 0.421. The number of carbonyl (C=O) groups excluding carboxylic acids is 1. The molecule has 25 heavy (non-hydrogen) atoms. The van der Waals surface area contributed by atoms with Crippen LogP contribution in [0, 0.1) is 13.8 Å². The molecule has 0 unspecified atom stereocenters. The van der Waals surface area contributed by atoms with E-state index in [1.54, 1.807) is 19.1 Å². The topological polar surface area (TPSA) is 131 Å². The Kier molecular flexibility index (Phi) is 9.21. The van der Waals surface area contributed by atoms with Gasteiger partial charge in [-0.3, -0.25) is 9.78 Å². The molecule has 1 rings (SSSR count).